The Morgan fingerprint density at radius 3 is 2.65 bits per heavy atom. The van der Waals surface area contributed by atoms with E-state index in [2.05, 4.69) is 0 Å². The Kier molecular flexibility index (Phi) is 4.99. The molecule has 1 aliphatic rings. The lowest BCUT2D eigenvalue weighted by Gasteiger charge is -2.29. The van der Waals surface area contributed by atoms with Gasteiger partial charge in [-0.3, -0.25) is 0 Å². The zero-order valence-corrected chi connectivity index (χ0v) is 12.1. The van der Waals surface area contributed by atoms with Crippen LogP contribution in [0.2, 0.25) is 0 Å². The molecular weight excluding hydrogens is 281 g/mol. The summed E-state index contributed by atoms with van der Waals surface area (Å²) in [7, 11) is -2.86. The van der Waals surface area contributed by atoms with E-state index >= 15 is 0 Å². The van der Waals surface area contributed by atoms with Gasteiger partial charge >= 0.3 is 0 Å². The number of rotatable bonds is 5. The molecule has 1 atom stereocenters. The standard InChI is InChI=1S/C14H20FNO3S/c15-13-2-1-3-14(8-13)19-10-12(9-16)11-4-6-20(17,18)7-5-11/h1-3,8,11-12H,4-7,9-10,16H2. The highest BCUT2D eigenvalue weighted by Crippen LogP contribution is 2.26. The third-order valence-electron chi connectivity index (χ3n) is 3.83. The second-order valence-corrected chi connectivity index (χ2v) is 7.56. The van der Waals surface area contributed by atoms with Crippen molar-refractivity contribution in [2.45, 2.75) is 12.8 Å². The van der Waals surface area contributed by atoms with Gasteiger partial charge in [0.25, 0.3) is 0 Å². The fourth-order valence-corrected chi connectivity index (χ4v) is 4.06. The highest BCUT2D eigenvalue weighted by Gasteiger charge is 2.29. The van der Waals surface area contributed by atoms with E-state index in [1.807, 2.05) is 0 Å². The summed E-state index contributed by atoms with van der Waals surface area (Å²) in [6.07, 6.45) is 1.27. The SMILES string of the molecule is NCC(COc1cccc(F)c1)C1CCS(=O)(=O)CC1. The van der Waals surface area contributed by atoms with Gasteiger partial charge in [0.05, 0.1) is 18.1 Å². The Morgan fingerprint density at radius 2 is 2.05 bits per heavy atom. The van der Waals surface area contributed by atoms with Crippen LogP contribution in [-0.2, 0) is 9.84 Å². The molecule has 0 bridgehead atoms. The number of hydrogen-bond acceptors (Lipinski definition) is 4. The first-order chi connectivity index (χ1) is 9.50. The van der Waals surface area contributed by atoms with E-state index in [1.54, 1.807) is 12.1 Å². The molecule has 0 saturated carbocycles. The van der Waals surface area contributed by atoms with E-state index in [9.17, 15) is 12.8 Å². The number of nitrogens with two attached hydrogens (primary N) is 1. The molecule has 1 heterocycles. The highest BCUT2D eigenvalue weighted by molar-refractivity contribution is 7.91. The van der Waals surface area contributed by atoms with Crippen LogP contribution >= 0.6 is 0 Å². The van der Waals surface area contributed by atoms with Crippen LogP contribution in [0.4, 0.5) is 4.39 Å². The maximum atomic E-state index is 13.0. The lowest BCUT2D eigenvalue weighted by molar-refractivity contribution is 0.189. The molecule has 1 aliphatic heterocycles. The zero-order valence-electron chi connectivity index (χ0n) is 11.3. The van der Waals surface area contributed by atoms with Crippen LogP contribution < -0.4 is 10.5 Å². The molecule has 20 heavy (non-hydrogen) atoms. The van der Waals surface area contributed by atoms with Crippen molar-refractivity contribution in [3.63, 3.8) is 0 Å². The normalized spacial score (nSPS) is 20.5. The highest BCUT2D eigenvalue weighted by atomic mass is 32.2. The second kappa shape index (κ2) is 6.54. The third-order valence-corrected chi connectivity index (χ3v) is 5.54. The average Bonchev–Trinajstić information content (AvgIpc) is 2.41. The maximum absolute atomic E-state index is 13.0. The molecule has 2 N–H and O–H groups in total. The Labute approximate surface area is 119 Å². The van der Waals surface area contributed by atoms with Crippen molar-refractivity contribution in [2.24, 2.45) is 17.6 Å². The lowest BCUT2D eigenvalue weighted by atomic mass is 9.88. The molecule has 6 heteroatoms. The van der Waals surface area contributed by atoms with Crippen LogP contribution in [0.25, 0.3) is 0 Å². The molecule has 0 spiro atoms. The molecule has 1 unspecified atom stereocenters. The molecule has 112 valence electrons. The predicted octanol–water partition coefficient (Wildman–Crippen LogP) is 1.60. The van der Waals surface area contributed by atoms with Gasteiger partial charge in [-0.15, -0.1) is 0 Å². The van der Waals surface area contributed by atoms with Gasteiger partial charge in [-0.1, -0.05) is 6.07 Å². The molecule has 1 aromatic carbocycles. The van der Waals surface area contributed by atoms with E-state index in [0.717, 1.165) is 0 Å². The summed E-state index contributed by atoms with van der Waals surface area (Å²) in [5.74, 6) is 0.968. The van der Waals surface area contributed by atoms with E-state index in [-0.39, 0.29) is 29.2 Å². The van der Waals surface area contributed by atoms with Gasteiger partial charge in [0, 0.05) is 12.0 Å². The average molecular weight is 301 g/mol. The number of halogens is 1. The topological polar surface area (TPSA) is 69.4 Å². The summed E-state index contributed by atoms with van der Waals surface area (Å²) in [6, 6.07) is 5.98. The van der Waals surface area contributed by atoms with Crippen LogP contribution in [-0.4, -0.2) is 33.1 Å². The molecule has 1 aromatic rings. The third kappa shape index (κ3) is 4.18. The number of sulfone groups is 1. The van der Waals surface area contributed by atoms with Crippen molar-refractivity contribution in [3.8, 4) is 5.75 Å². The summed E-state index contributed by atoms with van der Waals surface area (Å²) >= 11 is 0. The molecule has 0 amide bonds. The van der Waals surface area contributed by atoms with Gasteiger partial charge in [0.1, 0.15) is 21.4 Å². The first-order valence-electron chi connectivity index (χ1n) is 6.79. The van der Waals surface area contributed by atoms with Gasteiger partial charge in [-0.05, 0) is 37.4 Å². The predicted molar refractivity (Wildman–Crippen MR) is 75.8 cm³/mol. The van der Waals surface area contributed by atoms with Crippen LogP contribution in [0.1, 0.15) is 12.8 Å². The van der Waals surface area contributed by atoms with Crippen LogP contribution in [0.3, 0.4) is 0 Å². The van der Waals surface area contributed by atoms with Crippen molar-refractivity contribution in [1.82, 2.24) is 0 Å². The van der Waals surface area contributed by atoms with E-state index in [1.165, 1.54) is 12.1 Å². The van der Waals surface area contributed by atoms with Crippen molar-refractivity contribution in [3.05, 3.63) is 30.1 Å². The first kappa shape index (κ1) is 15.3. The van der Waals surface area contributed by atoms with E-state index in [0.29, 0.717) is 31.7 Å². The van der Waals surface area contributed by atoms with E-state index < -0.39 is 9.84 Å². The van der Waals surface area contributed by atoms with Gasteiger partial charge in [-0.2, -0.15) is 0 Å². The molecule has 1 fully saturated rings. The summed E-state index contributed by atoms with van der Waals surface area (Å²) in [4.78, 5) is 0. The van der Waals surface area contributed by atoms with Crippen molar-refractivity contribution in [2.75, 3.05) is 24.7 Å². The fourth-order valence-electron chi connectivity index (χ4n) is 2.54. The number of hydrogen-bond donors (Lipinski definition) is 1. The van der Waals surface area contributed by atoms with Gasteiger partial charge in [0.2, 0.25) is 0 Å². The molecular formula is C14H20FNO3S. The summed E-state index contributed by atoms with van der Waals surface area (Å²) in [6.45, 7) is 0.838. The molecule has 4 nitrogen and oxygen atoms in total. The minimum absolute atomic E-state index is 0.105. The Balaban J connectivity index is 1.90. The Morgan fingerprint density at radius 1 is 1.35 bits per heavy atom. The zero-order chi connectivity index (χ0) is 14.6. The number of ether oxygens (including phenoxy) is 1. The van der Waals surface area contributed by atoms with Crippen molar-refractivity contribution >= 4 is 9.84 Å². The largest absolute Gasteiger partial charge is 0.493 e. The first-order valence-corrected chi connectivity index (χ1v) is 8.61. The maximum Gasteiger partial charge on any atom is 0.150 e. The second-order valence-electron chi connectivity index (χ2n) is 5.25. The van der Waals surface area contributed by atoms with Crippen molar-refractivity contribution in [1.29, 1.82) is 0 Å². The molecule has 0 aliphatic carbocycles. The minimum atomic E-state index is -2.86. The minimum Gasteiger partial charge on any atom is -0.493 e. The van der Waals surface area contributed by atoms with Crippen LogP contribution in [0.15, 0.2) is 24.3 Å². The molecule has 0 radical (unpaired) electrons. The van der Waals surface area contributed by atoms with Crippen LogP contribution in [0.5, 0.6) is 5.75 Å². The smallest absolute Gasteiger partial charge is 0.150 e. The van der Waals surface area contributed by atoms with Crippen LogP contribution in [0, 0.1) is 17.7 Å². The summed E-state index contributed by atoms with van der Waals surface area (Å²) in [5.41, 5.74) is 5.76. The fraction of sp³-hybridized carbons (Fsp3) is 0.571. The quantitative estimate of drug-likeness (QED) is 0.897. The van der Waals surface area contributed by atoms with Gasteiger partial charge < -0.3 is 10.5 Å². The Bertz CT molecular complexity index is 533. The molecule has 2 rings (SSSR count). The summed E-state index contributed by atoms with van der Waals surface area (Å²) < 4.78 is 41.5. The van der Waals surface area contributed by atoms with Gasteiger partial charge in [0.15, 0.2) is 0 Å². The van der Waals surface area contributed by atoms with Crippen molar-refractivity contribution < 1.29 is 17.5 Å². The summed E-state index contributed by atoms with van der Waals surface area (Å²) in [5, 5.41) is 0. The molecule has 1 saturated heterocycles. The number of benzene rings is 1. The van der Waals surface area contributed by atoms with Gasteiger partial charge in [-0.25, -0.2) is 12.8 Å². The van der Waals surface area contributed by atoms with E-state index in [4.69, 9.17) is 10.5 Å². The lowest BCUT2D eigenvalue weighted by Crippen LogP contribution is -2.35. The Hall–Kier alpha value is -1.14. The monoisotopic (exact) mass is 301 g/mol. The molecule has 0 aromatic heterocycles.